The van der Waals surface area contributed by atoms with E-state index in [0.29, 0.717) is 6.42 Å². The van der Waals surface area contributed by atoms with Gasteiger partial charge in [-0.25, -0.2) is 0 Å². The summed E-state index contributed by atoms with van der Waals surface area (Å²) in [4.78, 5) is 14.2. The van der Waals surface area contributed by atoms with E-state index in [1.807, 2.05) is 18.2 Å². The Morgan fingerprint density at radius 3 is 1.44 bits per heavy atom. The Labute approximate surface area is 238 Å². The van der Waals surface area contributed by atoms with Crippen molar-refractivity contribution in [1.29, 1.82) is 0 Å². The number of rotatable bonds is 16. The summed E-state index contributed by atoms with van der Waals surface area (Å²) >= 11 is 0. The van der Waals surface area contributed by atoms with Crippen molar-refractivity contribution in [2.45, 2.75) is 78.6 Å². The summed E-state index contributed by atoms with van der Waals surface area (Å²) in [5.74, 6) is -0.392. The molecule has 0 amide bonds. The minimum atomic E-state index is -1.80. The lowest BCUT2D eigenvalue weighted by atomic mass is 9.96. The van der Waals surface area contributed by atoms with Gasteiger partial charge in [-0.3, -0.25) is 4.79 Å². The van der Waals surface area contributed by atoms with Crippen molar-refractivity contribution < 1.29 is 9.53 Å². The topological polar surface area (TPSA) is 26.3 Å². The van der Waals surface area contributed by atoms with Crippen molar-refractivity contribution in [3.63, 3.8) is 0 Å². The summed E-state index contributed by atoms with van der Waals surface area (Å²) in [5, 5.41) is 0. The average Bonchev–Trinajstić information content (AvgIpc) is 2.99. The normalized spacial score (nSPS) is 12.1. The van der Waals surface area contributed by atoms with E-state index in [-0.39, 0.29) is 11.9 Å². The average molecular weight is 544 g/mol. The third-order valence-corrected chi connectivity index (χ3v) is 12.4. The van der Waals surface area contributed by atoms with Gasteiger partial charge in [0.15, 0.2) is 0 Å². The standard InChI is InChI=1S/C36H48O2P/c1-5-9-27-39(28-10-6-2,29-11-7-3)36(38-35(37)33(8-4)30-21-15-12-16-22-30)34(31-23-17-13-18-24-31)32-25-19-14-20-26-32/h12-26,33H,5-11,27-29H2,1-4H3/q+1. The number of carbonyl (C=O) groups is 1. The van der Waals surface area contributed by atoms with E-state index in [9.17, 15) is 4.79 Å². The van der Waals surface area contributed by atoms with Gasteiger partial charge in [0.25, 0.3) is 5.50 Å². The second kappa shape index (κ2) is 16.4. The summed E-state index contributed by atoms with van der Waals surface area (Å²) < 4.78 is 6.88. The highest BCUT2D eigenvalue weighted by atomic mass is 31.2. The van der Waals surface area contributed by atoms with Gasteiger partial charge in [-0.05, 0) is 42.4 Å². The molecule has 3 rings (SSSR count). The fourth-order valence-corrected chi connectivity index (χ4v) is 10.5. The van der Waals surface area contributed by atoms with Crippen LogP contribution >= 0.6 is 7.26 Å². The lowest BCUT2D eigenvalue weighted by Gasteiger charge is -2.31. The Morgan fingerprint density at radius 2 is 1.05 bits per heavy atom. The van der Waals surface area contributed by atoms with Crippen molar-refractivity contribution in [2.75, 3.05) is 18.5 Å². The summed E-state index contributed by atoms with van der Waals surface area (Å²) in [6.07, 6.45) is 11.1. The predicted molar refractivity (Wildman–Crippen MR) is 171 cm³/mol. The van der Waals surface area contributed by atoms with Gasteiger partial charge < -0.3 is 4.74 Å². The van der Waals surface area contributed by atoms with Gasteiger partial charge in [-0.2, -0.15) is 0 Å². The van der Waals surface area contributed by atoms with Crippen LogP contribution in [0.25, 0.3) is 5.57 Å². The highest BCUT2D eigenvalue weighted by Gasteiger charge is 2.46. The van der Waals surface area contributed by atoms with Gasteiger partial charge in [-0.1, -0.05) is 138 Å². The van der Waals surface area contributed by atoms with Crippen LogP contribution in [0, 0.1) is 0 Å². The zero-order chi connectivity index (χ0) is 27.9. The summed E-state index contributed by atoms with van der Waals surface area (Å²) in [6, 6.07) is 31.4. The first kappa shape index (κ1) is 30.8. The molecule has 0 aliphatic heterocycles. The number of hydrogen-bond acceptors (Lipinski definition) is 2. The predicted octanol–water partition coefficient (Wildman–Crippen LogP) is 10.6. The van der Waals surface area contributed by atoms with Gasteiger partial charge in [0.1, 0.15) is 0 Å². The van der Waals surface area contributed by atoms with Gasteiger partial charge in [-0.15, -0.1) is 0 Å². The smallest absolute Gasteiger partial charge is 0.321 e. The molecule has 0 N–H and O–H groups in total. The zero-order valence-electron chi connectivity index (χ0n) is 24.6. The molecule has 3 heteroatoms. The molecule has 0 aliphatic carbocycles. The highest BCUT2D eigenvalue weighted by Crippen LogP contribution is 2.69. The molecule has 3 aromatic rings. The molecule has 1 atom stereocenters. The molecule has 2 nitrogen and oxygen atoms in total. The van der Waals surface area contributed by atoms with Crippen LogP contribution in [0.2, 0.25) is 0 Å². The maximum atomic E-state index is 14.2. The molecule has 0 radical (unpaired) electrons. The maximum Gasteiger partial charge on any atom is 0.321 e. The largest absolute Gasteiger partial charge is 0.393 e. The van der Waals surface area contributed by atoms with E-state index < -0.39 is 7.26 Å². The van der Waals surface area contributed by atoms with Crippen LogP contribution in [0.4, 0.5) is 0 Å². The molecule has 0 saturated heterocycles. The molecule has 208 valence electrons. The molecule has 39 heavy (non-hydrogen) atoms. The van der Waals surface area contributed by atoms with Crippen LogP contribution in [0.1, 0.15) is 95.2 Å². The van der Waals surface area contributed by atoms with Crippen molar-refractivity contribution in [2.24, 2.45) is 0 Å². The Balaban J connectivity index is 2.31. The van der Waals surface area contributed by atoms with E-state index in [4.69, 9.17) is 4.74 Å². The number of hydrogen-bond donors (Lipinski definition) is 0. The lowest BCUT2D eigenvalue weighted by Crippen LogP contribution is -2.21. The van der Waals surface area contributed by atoms with Crippen molar-refractivity contribution in [3.8, 4) is 0 Å². The molecule has 1 unspecified atom stereocenters. The maximum absolute atomic E-state index is 14.2. The first-order chi connectivity index (χ1) is 19.1. The van der Waals surface area contributed by atoms with Crippen molar-refractivity contribution in [3.05, 3.63) is 113 Å². The third-order valence-electron chi connectivity index (χ3n) is 7.68. The first-order valence-corrected chi connectivity index (χ1v) is 17.4. The highest BCUT2D eigenvalue weighted by molar-refractivity contribution is 7.79. The third kappa shape index (κ3) is 8.39. The molecule has 0 heterocycles. The van der Waals surface area contributed by atoms with Crippen LogP contribution in [0.3, 0.4) is 0 Å². The summed E-state index contributed by atoms with van der Waals surface area (Å²) in [6.45, 7) is 8.93. The van der Waals surface area contributed by atoms with Gasteiger partial charge >= 0.3 is 5.97 Å². The second-order valence-electron chi connectivity index (χ2n) is 10.6. The van der Waals surface area contributed by atoms with Gasteiger partial charge in [0.2, 0.25) is 0 Å². The molecule has 0 aromatic heterocycles. The lowest BCUT2D eigenvalue weighted by molar-refractivity contribution is -0.140. The molecule has 0 fully saturated rings. The van der Waals surface area contributed by atoms with E-state index in [1.165, 1.54) is 0 Å². The molecule has 0 aliphatic rings. The number of benzene rings is 3. The van der Waals surface area contributed by atoms with Crippen LogP contribution in [-0.4, -0.2) is 24.5 Å². The number of ether oxygens (including phenoxy) is 1. The molecule has 3 aromatic carbocycles. The van der Waals surface area contributed by atoms with E-state index in [0.717, 1.165) is 84.8 Å². The van der Waals surface area contributed by atoms with Gasteiger partial charge in [0, 0.05) is 0 Å². The molecule has 0 bridgehead atoms. The first-order valence-electron chi connectivity index (χ1n) is 15.1. The van der Waals surface area contributed by atoms with E-state index in [2.05, 4.69) is 100 Å². The summed E-state index contributed by atoms with van der Waals surface area (Å²) in [5.41, 5.74) is 5.41. The van der Waals surface area contributed by atoms with Crippen molar-refractivity contribution in [1.82, 2.24) is 0 Å². The van der Waals surface area contributed by atoms with E-state index in [1.54, 1.807) is 0 Å². The van der Waals surface area contributed by atoms with Crippen LogP contribution < -0.4 is 0 Å². The Morgan fingerprint density at radius 1 is 0.641 bits per heavy atom. The SMILES string of the molecule is CCCC[P+](CCCC)(CCCC)C(OC(=O)C(CC)c1ccccc1)=C(c1ccccc1)c1ccccc1. The van der Waals surface area contributed by atoms with Crippen LogP contribution in [0.5, 0.6) is 0 Å². The summed E-state index contributed by atoms with van der Waals surface area (Å²) in [7, 11) is -1.80. The zero-order valence-corrected chi connectivity index (χ0v) is 25.5. The number of carbonyl (C=O) groups excluding carboxylic acids is 1. The van der Waals surface area contributed by atoms with Gasteiger partial charge in [0.05, 0.1) is 37.2 Å². The minimum Gasteiger partial charge on any atom is -0.393 e. The fourth-order valence-electron chi connectivity index (χ4n) is 5.42. The Kier molecular flexibility index (Phi) is 13.0. The number of esters is 1. The fraction of sp³-hybridized carbons (Fsp3) is 0.417. The minimum absolute atomic E-state index is 0.114. The van der Waals surface area contributed by atoms with Crippen LogP contribution in [-0.2, 0) is 9.53 Å². The van der Waals surface area contributed by atoms with Crippen molar-refractivity contribution >= 4 is 18.8 Å². The van der Waals surface area contributed by atoms with Crippen LogP contribution in [0.15, 0.2) is 96.5 Å². The van der Waals surface area contributed by atoms with E-state index >= 15 is 0 Å². The monoisotopic (exact) mass is 543 g/mol. The molecule has 0 spiro atoms. The molecular weight excluding hydrogens is 495 g/mol. The Hall–Kier alpha value is -2.70. The quantitative estimate of drug-likeness (QED) is 0.102. The molecule has 0 saturated carbocycles. The molecular formula is C36H48O2P+. The Bertz CT molecular complexity index is 1080. The second-order valence-corrected chi connectivity index (χ2v) is 14.6. The number of unbranched alkanes of at least 4 members (excludes halogenated alkanes) is 3.